The fourth-order valence-corrected chi connectivity index (χ4v) is 3.51. The van der Waals surface area contributed by atoms with Crippen molar-refractivity contribution in [3.8, 4) is 5.75 Å². The standard InChI is InChI=1S/C23H22N4O4/c1-31-18-8-7-16-11-17(14-24-19(16)12-18)25-21(28)13-20-22(29)27(23(30)26-20)10-9-15-5-3-2-4-6-15/h2-8,11-12,14,20H,9-10,13H2,1H3,(H,25,28)(H,26,30). The van der Waals surface area contributed by atoms with Crippen LogP contribution in [-0.4, -0.2) is 47.4 Å². The van der Waals surface area contributed by atoms with E-state index in [0.29, 0.717) is 17.9 Å². The first-order chi connectivity index (χ1) is 15.0. The molecule has 1 fully saturated rings. The van der Waals surface area contributed by atoms with Gasteiger partial charge in [0.15, 0.2) is 0 Å². The fraction of sp³-hybridized carbons (Fsp3) is 0.217. The number of anilines is 1. The number of pyridine rings is 1. The minimum atomic E-state index is -0.874. The maximum Gasteiger partial charge on any atom is 0.324 e. The van der Waals surface area contributed by atoms with E-state index in [9.17, 15) is 14.4 Å². The maximum atomic E-state index is 12.6. The summed E-state index contributed by atoms with van der Waals surface area (Å²) in [6, 6.07) is 15.5. The predicted molar refractivity (Wildman–Crippen MR) is 116 cm³/mol. The third-order valence-electron chi connectivity index (χ3n) is 5.14. The number of nitrogens with one attached hydrogen (secondary N) is 2. The van der Waals surface area contributed by atoms with Gasteiger partial charge in [-0.2, -0.15) is 0 Å². The van der Waals surface area contributed by atoms with Crippen molar-refractivity contribution in [2.45, 2.75) is 18.9 Å². The van der Waals surface area contributed by atoms with Crippen molar-refractivity contribution in [1.82, 2.24) is 15.2 Å². The molecule has 1 aromatic heterocycles. The summed E-state index contributed by atoms with van der Waals surface area (Å²) >= 11 is 0. The van der Waals surface area contributed by atoms with Gasteiger partial charge in [-0.15, -0.1) is 0 Å². The Balaban J connectivity index is 1.35. The Labute approximate surface area is 179 Å². The summed E-state index contributed by atoms with van der Waals surface area (Å²) in [5.41, 5.74) is 2.29. The van der Waals surface area contributed by atoms with E-state index >= 15 is 0 Å². The number of imide groups is 1. The summed E-state index contributed by atoms with van der Waals surface area (Å²) in [5, 5.41) is 6.18. The van der Waals surface area contributed by atoms with Gasteiger partial charge in [-0.05, 0) is 30.2 Å². The summed E-state index contributed by atoms with van der Waals surface area (Å²) in [4.78, 5) is 42.7. The van der Waals surface area contributed by atoms with Crippen LogP contribution in [0.1, 0.15) is 12.0 Å². The van der Waals surface area contributed by atoms with Crippen LogP contribution in [0, 0.1) is 0 Å². The van der Waals surface area contributed by atoms with Crippen LogP contribution in [-0.2, 0) is 16.0 Å². The number of hydrogen-bond acceptors (Lipinski definition) is 5. The first-order valence-corrected chi connectivity index (χ1v) is 9.93. The molecule has 31 heavy (non-hydrogen) atoms. The van der Waals surface area contributed by atoms with Crippen LogP contribution in [0.2, 0.25) is 0 Å². The van der Waals surface area contributed by atoms with Gasteiger partial charge >= 0.3 is 6.03 Å². The van der Waals surface area contributed by atoms with E-state index in [0.717, 1.165) is 21.4 Å². The minimum Gasteiger partial charge on any atom is -0.497 e. The number of carbonyl (C=O) groups is 3. The fourth-order valence-electron chi connectivity index (χ4n) is 3.51. The Morgan fingerprint density at radius 2 is 1.97 bits per heavy atom. The van der Waals surface area contributed by atoms with Gasteiger partial charge < -0.3 is 15.4 Å². The molecular weight excluding hydrogens is 396 g/mol. The quantitative estimate of drug-likeness (QED) is 0.575. The van der Waals surface area contributed by atoms with E-state index in [1.54, 1.807) is 25.4 Å². The average Bonchev–Trinajstić information content (AvgIpc) is 3.04. The normalized spacial score (nSPS) is 15.8. The number of benzene rings is 2. The van der Waals surface area contributed by atoms with E-state index in [2.05, 4.69) is 15.6 Å². The zero-order chi connectivity index (χ0) is 21.8. The highest BCUT2D eigenvalue weighted by molar-refractivity contribution is 6.07. The summed E-state index contributed by atoms with van der Waals surface area (Å²) < 4.78 is 5.18. The number of methoxy groups -OCH3 is 1. The van der Waals surface area contributed by atoms with Crippen molar-refractivity contribution < 1.29 is 19.1 Å². The molecule has 2 N–H and O–H groups in total. The van der Waals surface area contributed by atoms with Gasteiger partial charge in [-0.1, -0.05) is 30.3 Å². The lowest BCUT2D eigenvalue weighted by Gasteiger charge is -2.13. The third-order valence-corrected chi connectivity index (χ3v) is 5.14. The average molecular weight is 418 g/mol. The van der Waals surface area contributed by atoms with E-state index < -0.39 is 12.1 Å². The topological polar surface area (TPSA) is 101 Å². The second-order valence-corrected chi connectivity index (χ2v) is 7.26. The third kappa shape index (κ3) is 4.63. The molecule has 0 aliphatic carbocycles. The van der Waals surface area contributed by atoms with Gasteiger partial charge in [0.1, 0.15) is 11.8 Å². The summed E-state index contributed by atoms with van der Waals surface area (Å²) in [7, 11) is 1.58. The lowest BCUT2D eigenvalue weighted by Crippen LogP contribution is -2.34. The van der Waals surface area contributed by atoms with Crippen LogP contribution >= 0.6 is 0 Å². The molecule has 0 saturated carbocycles. The molecule has 2 aromatic carbocycles. The molecule has 1 unspecified atom stereocenters. The molecule has 8 nitrogen and oxygen atoms in total. The summed E-state index contributed by atoms with van der Waals surface area (Å²) in [5.74, 6) is -0.0675. The Hall–Kier alpha value is -3.94. The van der Waals surface area contributed by atoms with Crippen LogP contribution in [0.3, 0.4) is 0 Å². The van der Waals surface area contributed by atoms with Gasteiger partial charge in [0.25, 0.3) is 5.91 Å². The van der Waals surface area contributed by atoms with Crippen molar-refractivity contribution in [2.24, 2.45) is 0 Å². The molecule has 3 aromatic rings. The van der Waals surface area contributed by atoms with Gasteiger partial charge in [0.05, 0.1) is 30.9 Å². The number of amides is 4. The highest BCUT2D eigenvalue weighted by atomic mass is 16.5. The molecule has 4 rings (SSSR count). The molecule has 4 amide bonds. The molecule has 1 aliphatic heterocycles. The van der Waals surface area contributed by atoms with Crippen LogP contribution < -0.4 is 15.4 Å². The van der Waals surface area contributed by atoms with Crippen molar-refractivity contribution in [3.63, 3.8) is 0 Å². The molecule has 158 valence electrons. The molecular formula is C23H22N4O4. The van der Waals surface area contributed by atoms with Gasteiger partial charge in [0, 0.05) is 18.0 Å². The van der Waals surface area contributed by atoms with E-state index in [4.69, 9.17) is 4.74 Å². The van der Waals surface area contributed by atoms with E-state index in [1.807, 2.05) is 42.5 Å². The van der Waals surface area contributed by atoms with E-state index in [-0.39, 0.29) is 24.8 Å². The summed E-state index contributed by atoms with van der Waals surface area (Å²) in [6.45, 7) is 0.269. The number of nitrogens with zero attached hydrogens (tertiary/aromatic N) is 2. The SMILES string of the molecule is COc1ccc2cc(NC(=O)CC3NC(=O)N(CCc4ccccc4)C3=O)cnc2c1. The Morgan fingerprint density at radius 1 is 1.16 bits per heavy atom. The zero-order valence-electron chi connectivity index (χ0n) is 17.0. The summed E-state index contributed by atoms with van der Waals surface area (Å²) in [6.07, 6.45) is 1.96. The number of aromatic nitrogens is 1. The minimum absolute atomic E-state index is 0.146. The van der Waals surface area contributed by atoms with Crippen molar-refractivity contribution in [1.29, 1.82) is 0 Å². The number of carbonyl (C=O) groups excluding carboxylic acids is 3. The molecule has 1 saturated heterocycles. The first-order valence-electron chi connectivity index (χ1n) is 9.93. The number of urea groups is 1. The smallest absolute Gasteiger partial charge is 0.324 e. The van der Waals surface area contributed by atoms with Gasteiger partial charge in [0.2, 0.25) is 5.91 Å². The second kappa shape index (κ2) is 8.83. The monoisotopic (exact) mass is 418 g/mol. The van der Waals surface area contributed by atoms with Crippen molar-refractivity contribution >= 4 is 34.4 Å². The van der Waals surface area contributed by atoms with Crippen molar-refractivity contribution in [3.05, 3.63) is 66.4 Å². The van der Waals surface area contributed by atoms with Crippen LogP contribution in [0.25, 0.3) is 10.9 Å². The van der Waals surface area contributed by atoms with Gasteiger partial charge in [-0.25, -0.2) is 4.79 Å². The van der Waals surface area contributed by atoms with Crippen molar-refractivity contribution in [2.75, 3.05) is 19.0 Å². The number of ether oxygens (including phenoxy) is 1. The molecule has 1 atom stereocenters. The van der Waals surface area contributed by atoms with E-state index in [1.165, 1.54) is 0 Å². The zero-order valence-corrected chi connectivity index (χ0v) is 17.0. The molecule has 0 radical (unpaired) electrons. The largest absolute Gasteiger partial charge is 0.497 e. The maximum absolute atomic E-state index is 12.6. The lowest BCUT2D eigenvalue weighted by molar-refractivity contribution is -0.129. The molecule has 2 heterocycles. The molecule has 1 aliphatic rings. The molecule has 0 bridgehead atoms. The molecule has 8 heteroatoms. The Kier molecular flexibility index (Phi) is 5.79. The Morgan fingerprint density at radius 3 is 2.74 bits per heavy atom. The van der Waals surface area contributed by atoms with Crippen LogP contribution in [0.15, 0.2) is 60.8 Å². The second-order valence-electron chi connectivity index (χ2n) is 7.26. The van der Waals surface area contributed by atoms with Crippen LogP contribution in [0.4, 0.5) is 10.5 Å². The number of fused-ring (bicyclic) bond motifs is 1. The lowest BCUT2D eigenvalue weighted by atomic mass is 10.1. The number of hydrogen-bond donors (Lipinski definition) is 2. The highest BCUT2D eigenvalue weighted by Crippen LogP contribution is 2.22. The van der Waals surface area contributed by atoms with Crippen LogP contribution in [0.5, 0.6) is 5.75 Å². The molecule has 0 spiro atoms. The Bertz CT molecular complexity index is 1130. The highest BCUT2D eigenvalue weighted by Gasteiger charge is 2.38. The first kappa shape index (κ1) is 20.3. The predicted octanol–water partition coefficient (Wildman–Crippen LogP) is 2.74. The van der Waals surface area contributed by atoms with Gasteiger partial charge in [-0.3, -0.25) is 19.5 Å². The number of rotatable bonds is 7.